The zero-order valence-corrected chi connectivity index (χ0v) is 15.7. The minimum absolute atomic E-state index is 0.173. The average Bonchev–Trinajstić information content (AvgIpc) is 2.57. The van der Waals surface area contributed by atoms with Gasteiger partial charge in [-0.25, -0.2) is 0 Å². The Morgan fingerprint density at radius 3 is 2.31 bits per heavy atom. The van der Waals surface area contributed by atoms with E-state index in [1.165, 1.54) is 0 Å². The van der Waals surface area contributed by atoms with Gasteiger partial charge in [0.15, 0.2) is 0 Å². The van der Waals surface area contributed by atoms with Gasteiger partial charge in [-0.3, -0.25) is 9.59 Å². The molecule has 0 saturated heterocycles. The molecular formula is C20H27NO5. The average molecular weight is 361 g/mol. The van der Waals surface area contributed by atoms with Crippen LogP contribution in [0.3, 0.4) is 0 Å². The number of nitriles is 1. The van der Waals surface area contributed by atoms with Gasteiger partial charge in [-0.1, -0.05) is 12.1 Å². The summed E-state index contributed by atoms with van der Waals surface area (Å²) in [6.07, 6.45) is 1.50. The van der Waals surface area contributed by atoms with E-state index in [9.17, 15) is 14.7 Å². The minimum Gasteiger partial charge on any atom is -0.481 e. The van der Waals surface area contributed by atoms with E-state index in [0.717, 1.165) is 12.0 Å². The van der Waals surface area contributed by atoms with Crippen LogP contribution in [0.2, 0.25) is 0 Å². The van der Waals surface area contributed by atoms with Crippen molar-refractivity contribution in [1.29, 1.82) is 5.26 Å². The highest BCUT2D eigenvalue weighted by molar-refractivity contribution is 5.79. The highest BCUT2D eigenvalue weighted by Crippen LogP contribution is 2.15. The highest BCUT2D eigenvalue weighted by atomic mass is 16.5. The van der Waals surface area contributed by atoms with Gasteiger partial charge in [0.1, 0.15) is 0 Å². The normalized spacial score (nSPS) is 12.2. The molecule has 1 aromatic carbocycles. The molecule has 1 aromatic rings. The fourth-order valence-electron chi connectivity index (χ4n) is 2.28. The Hall–Kier alpha value is -2.39. The molecular weight excluding hydrogens is 334 g/mol. The van der Waals surface area contributed by atoms with E-state index in [2.05, 4.69) is 0 Å². The summed E-state index contributed by atoms with van der Waals surface area (Å²) in [5.74, 6) is -2.40. The lowest BCUT2D eigenvalue weighted by Gasteiger charge is -2.19. The predicted molar refractivity (Wildman–Crippen MR) is 96.5 cm³/mol. The lowest BCUT2D eigenvalue weighted by Crippen LogP contribution is -2.22. The third kappa shape index (κ3) is 9.19. The van der Waals surface area contributed by atoms with Crippen LogP contribution in [0.15, 0.2) is 24.3 Å². The summed E-state index contributed by atoms with van der Waals surface area (Å²) in [5, 5.41) is 18.1. The number of carboxylic acid groups (broad SMARTS) is 1. The zero-order valence-electron chi connectivity index (χ0n) is 15.7. The quantitative estimate of drug-likeness (QED) is 0.507. The summed E-state index contributed by atoms with van der Waals surface area (Å²) in [5.41, 5.74) is 1.09. The van der Waals surface area contributed by atoms with E-state index in [1.54, 1.807) is 24.3 Å². The standard InChI is InChI=1S/C20H27NO5/c1-20(2,3)26-11-5-4-10-25-18(22)13-17(19(23)24)12-15-6-8-16(14-21)9-7-15/h6-9,17H,4-5,10-13H2,1-3H3,(H,23,24). The van der Waals surface area contributed by atoms with E-state index in [0.29, 0.717) is 18.6 Å². The molecule has 26 heavy (non-hydrogen) atoms. The lowest BCUT2D eigenvalue weighted by molar-refractivity contribution is -0.151. The number of carboxylic acids is 1. The summed E-state index contributed by atoms with van der Waals surface area (Å²) in [6, 6.07) is 8.68. The number of benzene rings is 1. The van der Waals surface area contributed by atoms with Gasteiger partial charge in [0.25, 0.3) is 0 Å². The molecule has 0 bridgehead atoms. The maximum Gasteiger partial charge on any atom is 0.307 e. The minimum atomic E-state index is -1.04. The molecule has 0 aliphatic carbocycles. The Kier molecular flexibility index (Phi) is 8.80. The number of nitrogens with zero attached hydrogens (tertiary/aromatic N) is 1. The Morgan fingerprint density at radius 1 is 1.15 bits per heavy atom. The number of carbonyl (C=O) groups excluding carboxylic acids is 1. The van der Waals surface area contributed by atoms with Crippen molar-refractivity contribution < 1.29 is 24.2 Å². The van der Waals surface area contributed by atoms with Crippen LogP contribution in [0.25, 0.3) is 0 Å². The van der Waals surface area contributed by atoms with Crippen LogP contribution in [0.4, 0.5) is 0 Å². The van der Waals surface area contributed by atoms with E-state index >= 15 is 0 Å². The maximum absolute atomic E-state index is 11.9. The van der Waals surface area contributed by atoms with Gasteiger partial charge in [-0.2, -0.15) is 5.26 Å². The van der Waals surface area contributed by atoms with E-state index < -0.39 is 17.9 Å². The topological polar surface area (TPSA) is 96.6 Å². The molecule has 0 aliphatic rings. The molecule has 6 heteroatoms. The number of hydrogen-bond donors (Lipinski definition) is 1. The van der Waals surface area contributed by atoms with Gasteiger partial charge >= 0.3 is 11.9 Å². The molecule has 0 aliphatic heterocycles. The molecule has 0 radical (unpaired) electrons. The number of esters is 1. The largest absolute Gasteiger partial charge is 0.481 e. The van der Waals surface area contributed by atoms with Gasteiger partial charge in [-0.15, -0.1) is 0 Å². The van der Waals surface area contributed by atoms with Crippen LogP contribution in [0, 0.1) is 17.2 Å². The number of carbonyl (C=O) groups is 2. The van der Waals surface area contributed by atoms with Crippen molar-refractivity contribution in [1.82, 2.24) is 0 Å². The van der Waals surface area contributed by atoms with Crippen molar-refractivity contribution in [3.8, 4) is 6.07 Å². The predicted octanol–water partition coefficient (Wildman–Crippen LogP) is 3.33. The zero-order chi connectivity index (χ0) is 19.6. The summed E-state index contributed by atoms with van der Waals surface area (Å²) in [7, 11) is 0. The van der Waals surface area contributed by atoms with Crippen LogP contribution in [-0.2, 0) is 25.5 Å². The first-order valence-electron chi connectivity index (χ1n) is 8.72. The van der Waals surface area contributed by atoms with Crippen LogP contribution >= 0.6 is 0 Å². The molecule has 1 N–H and O–H groups in total. The van der Waals surface area contributed by atoms with Crippen LogP contribution in [-0.4, -0.2) is 35.9 Å². The van der Waals surface area contributed by atoms with Gasteiger partial charge in [0.2, 0.25) is 0 Å². The molecule has 0 fully saturated rings. The Bertz CT molecular complexity index is 625. The smallest absolute Gasteiger partial charge is 0.307 e. The first kappa shape index (κ1) is 21.7. The van der Waals surface area contributed by atoms with Gasteiger partial charge in [0, 0.05) is 6.61 Å². The van der Waals surface area contributed by atoms with Crippen molar-refractivity contribution in [3.05, 3.63) is 35.4 Å². The molecule has 0 saturated carbocycles. The summed E-state index contributed by atoms with van der Waals surface area (Å²) in [6.45, 7) is 6.79. The number of hydrogen-bond acceptors (Lipinski definition) is 5. The van der Waals surface area contributed by atoms with E-state index in [1.807, 2.05) is 26.8 Å². The second-order valence-electron chi connectivity index (χ2n) is 7.14. The van der Waals surface area contributed by atoms with Crippen molar-refractivity contribution in [2.24, 2.45) is 5.92 Å². The van der Waals surface area contributed by atoms with Gasteiger partial charge < -0.3 is 14.6 Å². The third-order valence-electron chi connectivity index (χ3n) is 3.66. The van der Waals surface area contributed by atoms with Crippen molar-refractivity contribution >= 4 is 11.9 Å². The SMILES string of the molecule is CC(C)(C)OCCCCOC(=O)CC(Cc1ccc(C#N)cc1)C(=O)O. The van der Waals surface area contributed by atoms with Gasteiger partial charge in [-0.05, 0) is 57.7 Å². The molecule has 0 aromatic heterocycles. The van der Waals surface area contributed by atoms with Crippen molar-refractivity contribution in [2.75, 3.05) is 13.2 Å². The first-order valence-corrected chi connectivity index (χ1v) is 8.72. The third-order valence-corrected chi connectivity index (χ3v) is 3.66. The molecule has 1 atom stereocenters. The molecule has 142 valence electrons. The fourth-order valence-corrected chi connectivity index (χ4v) is 2.28. The van der Waals surface area contributed by atoms with Crippen molar-refractivity contribution in [3.63, 3.8) is 0 Å². The number of aliphatic carboxylic acids is 1. The molecule has 0 amide bonds. The second-order valence-corrected chi connectivity index (χ2v) is 7.14. The molecule has 6 nitrogen and oxygen atoms in total. The highest BCUT2D eigenvalue weighted by Gasteiger charge is 2.22. The fraction of sp³-hybridized carbons (Fsp3) is 0.550. The molecule has 0 heterocycles. The molecule has 1 unspecified atom stereocenters. The second kappa shape index (κ2) is 10.6. The van der Waals surface area contributed by atoms with Gasteiger partial charge in [0.05, 0.1) is 36.2 Å². The number of ether oxygens (including phenoxy) is 2. The lowest BCUT2D eigenvalue weighted by atomic mass is 9.96. The Morgan fingerprint density at radius 2 is 1.77 bits per heavy atom. The molecule has 1 rings (SSSR count). The number of rotatable bonds is 10. The van der Waals surface area contributed by atoms with Crippen molar-refractivity contribution in [2.45, 2.75) is 52.1 Å². The van der Waals surface area contributed by atoms with Crippen LogP contribution < -0.4 is 0 Å². The first-order chi connectivity index (χ1) is 12.2. The Labute approximate surface area is 154 Å². The Balaban J connectivity index is 2.36. The summed E-state index contributed by atoms with van der Waals surface area (Å²) < 4.78 is 10.7. The van der Waals surface area contributed by atoms with E-state index in [-0.39, 0.29) is 25.0 Å². The van der Waals surface area contributed by atoms with E-state index in [4.69, 9.17) is 14.7 Å². The summed E-state index contributed by atoms with van der Waals surface area (Å²) in [4.78, 5) is 23.3. The monoisotopic (exact) mass is 361 g/mol. The van der Waals surface area contributed by atoms with Crippen LogP contribution in [0.5, 0.6) is 0 Å². The molecule has 0 spiro atoms. The van der Waals surface area contributed by atoms with Crippen LogP contribution in [0.1, 0.15) is 51.2 Å². The summed E-state index contributed by atoms with van der Waals surface area (Å²) >= 11 is 0. The maximum atomic E-state index is 11.9. The number of unbranched alkanes of at least 4 members (excludes halogenated alkanes) is 1.